The fourth-order valence-corrected chi connectivity index (χ4v) is 4.34. The maximum Gasteiger partial charge on any atom is 0.269 e. The molecule has 3 aromatic heterocycles. The molecule has 0 saturated heterocycles. The summed E-state index contributed by atoms with van der Waals surface area (Å²) in [5.74, 6) is 0.563. The van der Waals surface area contributed by atoms with Crippen molar-refractivity contribution in [3.63, 3.8) is 0 Å². The molecule has 4 aromatic rings. The summed E-state index contributed by atoms with van der Waals surface area (Å²) in [6.07, 6.45) is 7.71. The predicted molar refractivity (Wildman–Crippen MR) is 122 cm³/mol. The Hall–Kier alpha value is -3.74. The number of amides is 1. The summed E-state index contributed by atoms with van der Waals surface area (Å²) in [7, 11) is 3.55. The summed E-state index contributed by atoms with van der Waals surface area (Å²) in [5, 5.41) is 7.95. The molecule has 4 heterocycles. The van der Waals surface area contributed by atoms with E-state index in [4.69, 9.17) is 4.98 Å². The molecule has 0 radical (unpaired) electrons. The molecule has 0 bridgehead atoms. The Kier molecular flexibility index (Phi) is 4.66. The van der Waals surface area contributed by atoms with Crippen LogP contribution >= 0.6 is 0 Å². The van der Waals surface area contributed by atoms with E-state index in [0.29, 0.717) is 5.69 Å². The largest absolute Gasteiger partial charge is 0.354 e. The quantitative estimate of drug-likeness (QED) is 0.554. The summed E-state index contributed by atoms with van der Waals surface area (Å²) in [6.45, 7) is 2.97. The molecule has 0 spiro atoms. The lowest BCUT2D eigenvalue weighted by Gasteiger charge is -2.32. The second-order valence-corrected chi connectivity index (χ2v) is 7.93. The van der Waals surface area contributed by atoms with Crippen molar-refractivity contribution >= 4 is 28.3 Å². The van der Waals surface area contributed by atoms with Crippen LogP contribution in [0.3, 0.4) is 0 Å². The first-order valence-corrected chi connectivity index (χ1v) is 10.4. The van der Waals surface area contributed by atoms with Crippen LogP contribution in [0.25, 0.3) is 22.0 Å². The first-order valence-electron chi connectivity index (χ1n) is 10.4. The number of pyridine rings is 2. The van der Waals surface area contributed by atoms with Crippen molar-refractivity contribution in [1.29, 1.82) is 0 Å². The van der Waals surface area contributed by atoms with Gasteiger partial charge in [-0.25, -0.2) is 4.98 Å². The van der Waals surface area contributed by atoms with Crippen LogP contribution in [0.15, 0.2) is 48.9 Å². The third-order valence-electron chi connectivity index (χ3n) is 5.85. The number of hydrogen-bond donors (Lipinski definition) is 1. The van der Waals surface area contributed by atoms with Crippen LogP contribution in [0.4, 0.5) is 11.5 Å². The Morgan fingerprint density at radius 2 is 2.10 bits per heavy atom. The highest BCUT2D eigenvalue weighted by Gasteiger charge is 2.24. The zero-order valence-electron chi connectivity index (χ0n) is 17.9. The van der Waals surface area contributed by atoms with Gasteiger partial charge in [0.15, 0.2) is 0 Å². The lowest BCUT2D eigenvalue weighted by molar-refractivity contribution is 0.0958. The van der Waals surface area contributed by atoms with Gasteiger partial charge < -0.3 is 10.2 Å². The molecule has 1 aliphatic rings. The van der Waals surface area contributed by atoms with Crippen LogP contribution in [-0.2, 0) is 13.5 Å². The number of carbonyl (C=O) groups is 1. The SMILES string of the molecule is CNC(=O)c1cc2ncccc2c(N2CCCc3cc(-c4cnn(C)c4)c(C)cc32)n1. The molecule has 0 unspecified atom stereocenters. The first kappa shape index (κ1) is 19.2. The van der Waals surface area contributed by atoms with Crippen molar-refractivity contribution in [2.24, 2.45) is 7.05 Å². The number of rotatable bonds is 3. The van der Waals surface area contributed by atoms with E-state index >= 15 is 0 Å². The van der Waals surface area contributed by atoms with E-state index in [-0.39, 0.29) is 5.91 Å². The van der Waals surface area contributed by atoms with Gasteiger partial charge in [-0.2, -0.15) is 5.10 Å². The number of nitrogens with one attached hydrogen (secondary N) is 1. The van der Waals surface area contributed by atoms with Gasteiger partial charge in [-0.05, 0) is 66.8 Å². The highest BCUT2D eigenvalue weighted by molar-refractivity contribution is 6.00. The average Bonchev–Trinajstić information content (AvgIpc) is 3.23. The number of fused-ring (bicyclic) bond motifs is 2. The number of nitrogens with zero attached hydrogens (tertiary/aromatic N) is 5. The summed E-state index contributed by atoms with van der Waals surface area (Å²) in [6, 6.07) is 10.2. The van der Waals surface area contributed by atoms with Crippen molar-refractivity contribution in [2.45, 2.75) is 19.8 Å². The standard InChI is InChI=1S/C24H24N6O/c1-15-10-22-16(11-19(15)17-13-27-29(3)14-17)6-5-9-30(22)23-18-7-4-8-26-20(18)12-21(28-23)24(31)25-2/h4,7-8,10-14H,5-6,9H2,1-3H3,(H,25,31). The zero-order valence-corrected chi connectivity index (χ0v) is 17.9. The maximum absolute atomic E-state index is 12.4. The Morgan fingerprint density at radius 1 is 1.23 bits per heavy atom. The van der Waals surface area contributed by atoms with Gasteiger partial charge in [0, 0.05) is 49.7 Å². The zero-order chi connectivity index (χ0) is 21.5. The van der Waals surface area contributed by atoms with Crippen molar-refractivity contribution in [2.75, 3.05) is 18.5 Å². The Labute approximate surface area is 180 Å². The van der Waals surface area contributed by atoms with Gasteiger partial charge in [0.1, 0.15) is 11.5 Å². The molecule has 31 heavy (non-hydrogen) atoms. The first-order chi connectivity index (χ1) is 15.0. The molecule has 7 heteroatoms. The third kappa shape index (κ3) is 3.32. The molecule has 1 amide bonds. The minimum Gasteiger partial charge on any atom is -0.354 e. The topological polar surface area (TPSA) is 75.9 Å². The van der Waals surface area contributed by atoms with Gasteiger partial charge in [-0.15, -0.1) is 0 Å². The molecule has 0 fully saturated rings. The Morgan fingerprint density at radius 3 is 2.87 bits per heavy atom. The summed E-state index contributed by atoms with van der Waals surface area (Å²) >= 11 is 0. The number of carbonyl (C=O) groups excluding carboxylic acids is 1. The molecule has 1 aromatic carbocycles. The van der Waals surface area contributed by atoms with Gasteiger partial charge in [-0.3, -0.25) is 14.5 Å². The lowest BCUT2D eigenvalue weighted by atomic mass is 9.93. The smallest absolute Gasteiger partial charge is 0.269 e. The maximum atomic E-state index is 12.4. The van der Waals surface area contributed by atoms with Crippen LogP contribution in [0.1, 0.15) is 28.0 Å². The molecule has 7 nitrogen and oxygen atoms in total. The van der Waals surface area contributed by atoms with Gasteiger partial charge in [0.25, 0.3) is 5.91 Å². The fraction of sp³-hybridized carbons (Fsp3) is 0.250. The summed E-state index contributed by atoms with van der Waals surface area (Å²) < 4.78 is 1.83. The number of hydrogen-bond acceptors (Lipinski definition) is 5. The average molecular weight is 412 g/mol. The van der Waals surface area contributed by atoms with Gasteiger partial charge in [-0.1, -0.05) is 0 Å². The third-order valence-corrected chi connectivity index (χ3v) is 5.85. The highest BCUT2D eigenvalue weighted by atomic mass is 16.1. The van der Waals surface area contributed by atoms with Gasteiger partial charge in [0.2, 0.25) is 0 Å². The molecule has 0 saturated carbocycles. The van der Waals surface area contributed by atoms with E-state index in [1.165, 1.54) is 16.7 Å². The van der Waals surface area contributed by atoms with E-state index in [1.807, 2.05) is 36.3 Å². The summed E-state index contributed by atoms with van der Waals surface area (Å²) in [4.78, 5) is 23.9. The molecule has 0 atom stereocenters. The van der Waals surface area contributed by atoms with E-state index < -0.39 is 0 Å². The molecule has 1 aliphatic heterocycles. The van der Waals surface area contributed by atoms with Crippen LogP contribution < -0.4 is 10.2 Å². The molecule has 156 valence electrons. The van der Waals surface area contributed by atoms with Gasteiger partial charge in [0.05, 0.1) is 11.7 Å². The second-order valence-electron chi connectivity index (χ2n) is 7.93. The second kappa shape index (κ2) is 7.50. The molecule has 1 N–H and O–H groups in total. The number of anilines is 2. The van der Waals surface area contributed by atoms with Crippen molar-refractivity contribution in [3.05, 3.63) is 65.7 Å². The number of aryl methyl sites for hydroxylation is 3. The Bertz CT molecular complexity index is 1310. The normalized spacial score (nSPS) is 13.3. The van der Waals surface area contributed by atoms with E-state index in [1.54, 1.807) is 19.3 Å². The van der Waals surface area contributed by atoms with E-state index in [9.17, 15) is 4.79 Å². The predicted octanol–water partition coefficient (Wildman–Crippen LogP) is 3.78. The number of benzene rings is 1. The molecule has 5 rings (SSSR count). The molecular weight excluding hydrogens is 388 g/mol. The number of aromatic nitrogens is 4. The van der Waals surface area contributed by atoms with Crippen molar-refractivity contribution in [3.8, 4) is 11.1 Å². The monoisotopic (exact) mass is 412 g/mol. The van der Waals surface area contributed by atoms with Crippen LogP contribution in [0.5, 0.6) is 0 Å². The van der Waals surface area contributed by atoms with Crippen molar-refractivity contribution in [1.82, 2.24) is 25.1 Å². The molecular formula is C24H24N6O. The van der Waals surface area contributed by atoms with E-state index in [2.05, 4.69) is 39.4 Å². The minimum atomic E-state index is -0.214. The fourth-order valence-electron chi connectivity index (χ4n) is 4.34. The van der Waals surface area contributed by atoms with Crippen LogP contribution in [-0.4, -0.2) is 39.2 Å². The van der Waals surface area contributed by atoms with E-state index in [0.717, 1.165) is 47.4 Å². The van der Waals surface area contributed by atoms with Crippen LogP contribution in [0.2, 0.25) is 0 Å². The highest BCUT2D eigenvalue weighted by Crippen LogP contribution is 2.39. The van der Waals surface area contributed by atoms with Crippen molar-refractivity contribution < 1.29 is 4.79 Å². The Balaban J connectivity index is 1.68. The molecule has 0 aliphatic carbocycles. The van der Waals surface area contributed by atoms with Crippen LogP contribution in [0, 0.1) is 6.92 Å². The van der Waals surface area contributed by atoms with Gasteiger partial charge >= 0.3 is 0 Å². The summed E-state index contributed by atoms with van der Waals surface area (Å²) in [5.41, 5.74) is 7.06. The lowest BCUT2D eigenvalue weighted by Crippen LogP contribution is -2.27. The minimum absolute atomic E-state index is 0.214.